The maximum absolute atomic E-state index is 12.5. The van der Waals surface area contributed by atoms with Gasteiger partial charge in [-0.15, -0.1) is 0 Å². The molecule has 1 N–H and O–H groups in total. The number of amides is 1. The Morgan fingerprint density at radius 3 is 2.58 bits per heavy atom. The highest BCUT2D eigenvalue weighted by molar-refractivity contribution is 5.70. The summed E-state index contributed by atoms with van der Waals surface area (Å²) in [7, 11) is 0. The molecule has 4 nitrogen and oxygen atoms in total. The third-order valence-electron chi connectivity index (χ3n) is 3.68. The Morgan fingerprint density at radius 2 is 1.96 bits per heavy atom. The van der Waals surface area contributed by atoms with Gasteiger partial charge in [-0.05, 0) is 45.2 Å². The Bertz CT molecular complexity index is 582. The Morgan fingerprint density at radius 1 is 1.29 bits per heavy atom. The lowest BCUT2D eigenvalue weighted by molar-refractivity contribution is -0.115. The van der Waals surface area contributed by atoms with Crippen LogP contribution in [-0.4, -0.2) is 35.9 Å². The number of carbonyl (C=O) groups is 1. The van der Waals surface area contributed by atoms with Gasteiger partial charge in [0.1, 0.15) is 12.1 Å². The molecule has 1 saturated heterocycles. The third-order valence-corrected chi connectivity index (χ3v) is 3.68. The zero-order chi connectivity index (χ0) is 18.0. The number of para-hydroxylation sites is 1. The highest BCUT2D eigenvalue weighted by Gasteiger charge is 2.35. The van der Waals surface area contributed by atoms with E-state index in [4.69, 9.17) is 4.74 Å². The van der Waals surface area contributed by atoms with Crippen LogP contribution in [-0.2, 0) is 4.74 Å². The van der Waals surface area contributed by atoms with Gasteiger partial charge in [0.15, 0.2) is 0 Å². The van der Waals surface area contributed by atoms with Crippen molar-refractivity contribution in [1.29, 1.82) is 0 Å². The summed E-state index contributed by atoms with van der Waals surface area (Å²) in [4.78, 5) is 14.0. The molecule has 1 aliphatic heterocycles. The average Bonchev–Trinajstić information content (AvgIpc) is 2.92. The molecule has 1 aromatic rings. The highest BCUT2D eigenvalue weighted by Crippen LogP contribution is 2.37. The molecule has 7 heteroatoms. The zero-order valence-corrected chi connectivity index (χ0v) is 14.1. The van der Waals surface area contributed by atoms with E-state index in [-0.39, 0.29) is 6.04 Å². The lowest BCUT2D eigenvalue weighted by atomic mass is 10.0. The summed E-state index contributed by atoms with van der Waals surface area (Å²) in [6.07, 6.45) is -3.25. The lowest BCUT2D eigenvalue weighted by Crippen LogP contribution is -2.36. The molecule has 2 rings (SSSR count). The molecule has 134 valence electrons. The van der Waals surface area contributed by atoms with Gasteiger partial charge in [-0.2, -0.15) is 13.2 Å². The van der Waals surface area contributed by atoms with Crippen molar-refractivity contribution in [3.05, 3.63) is 29.8 Å². The van der Waals surface area contributed by atoms with E-state index in [0.29, 0.717) is 24.2 Å². The molecule has 1 atom stereocenters. The predicted molar refractivity (Wildman–Crippen MR) is 85.9 cm³/mol. The zero-order valence-electron chi connectivity index (χ0n) is 14.1. The summed E-state index contributed by atoms with van der Waals surface area (Å²) >= 11 is 0. The Balaban J connectivity index is 2.19. The van der Waals surface area contributed by atoms with E-state index >= 15 is 0 Å². The highest BCUT2D eigenvalue weighted by atomic mass is 19.4. The van der Waals surface area contributed by atoms with Crippen LogP contribution in [0.25, 0.3) is 0 Å². The molecule has 1 aromatic carbocycles. The number of hydrogen-bond acceptors (Lipinski definition) is 3. The fraction of sp³-hybridized carbons (Fsp3) is 0.588. The number of likely N-dealkylation sites (tertiary alicyclic amines) is 1. The van der Waals surface area contributed by atoms with Gasteiger partial charge in [0.05, 0.1) is 6.04 Å². The molecule has 0 aromatic heterocycles. The molecule has 1 fully saturated rings. The van der Waals surface area contributed by atoms with Crippen LogP contribution in [0.4, 0.5) is 23.7 Å². The van der Waals surface area contributed by atoms with Crippen molar-refractivity contribution in [2.45, 2.75) is 51.4 Å². The molecule has 0 aliphatic carbocycles. The summed E-state index contributed by atoms with van der Waals surface area (Å²) in [5, 5.41) is 2.43. The standard InChI is InChI=1S/C17H23F3N2O2/c1-16(2,3)24-15(23)22-10-6-9-14(22)12-7-4-5-8-13(12)21-11-17(18,19)20/h4-5,7-8,14,21H,6,9-11H2,1-3H3/t14-/m0/s1. The first-order valence-electron chi connectivity index (χ1n) is 7.96. The summed E-state index contributed by atoms with van der Waals surface area (Å²) in [5.74, 6) is 0. The molecule has 1 amide bonds. The van der Waals surface area contributed by atoms with Gasteiger partial charge in [-0.3, -0.25) is 0 Å². The van der Waals surface area contributed by atoms with Crippen molar-refractivity contribution in [3.63, 3.8) is 0 Å². The number of nitrogens with zero attached hydrogens (tertiary/aromatic N) is 1. The predicted octanol–water partition coefficient (Wildman–Crippen LogP) is 4.73. The monoisotopic (exact) mass is 344 g/mol. The molecule has 1 aliphatic rings. The number of benzene rings is 1. The van der Waals surface area contributed by atoms with Gasteiger partial charge < -0.3 is 15.0 Å². The topological polar surface area (TPSA) is 41.6 Å². The molecular formula is C17H23F3N2O2. The molecule has 24 heavy (non-hydrogen) atoms. The van der Waals surface area contributed by atoms with Crippen LogP contribution in [0, 0.1) is 0 Å². The van der Waals surface area contributed by atoms with Gasteiger partial charge >= 0.3 is 12.3 Å². The molecule has 1 heterocycles. The van der Waals surface area contributed by atoms with Crippen LogP contribution in [0.5, 0.6) is 0 Å². The Hall–Kier alpha value is -1.92. The molecule has 0 radical (unpaired) electrons. The third kappa shape index (κ3) is 5.04. The van der Waals surface area contributed by atoms with Crippen molar-refractivity contribution in [2.75, 3.05) is 18.4 Å². The number of nitrogens with one attached hydrogen (secondary N) is 1. The fourth-order valence-electron chi connectivity index (χ4n) is 2.77. The second-order valence-corrected chi connectivity index (χ2v) is 6.89. The maximum atomic E-state index is 12.5. The van der Waals surface area contributed by atoms with Crippen LogP contribution in [0.2, 0.25) is 0 Å². The van der Waals surface area contributed by atoms with Gasteiger partial charge in [-0.1, -0.05) is 18.2 Å². The Labute approximate surface area is 140 Å². The second-order valence-electron chi connectivity index (χ2n) is 6.89. The first-order valence-corrected chi connectivity index (χ1v) is 7.96. The van der Waals surface area contributed by atoms with Crippen LogP contribution in [0.3, 0.4) is 0 Å². The minimum atomic E-state index is -4.30. The van der Waals surface area contributed by atoms with Gasteiger partial charge in [0.25, 0.3) is 0 Å². The van der Waals surface area contributed by atoms with Crippen molar-refractivity contribution >= 4 is 11.8 Å². The molecule has 0 spiro atoms. The normalized spacial score (nSPS) is 18.6. The van der Waals surface area contributed by atoms with Crippen LogP contribution in [0.1, 0.15) is 45.2 Å². The molecule has 0 saturated carbocycles. The maximum Gasteiger partial charge on any atom is 0.410 e. The number of hydrogen-bond donors (Lipinski definition) is 1. The number of carbonyl (C=O) groups excluding carboxylic acids is 1. The summed E-state index contributed by atoms with van der Waals surface area (Å²) in [5.41, 5.74) is 0.471. The average molecular weight is 344 g/mol. The quantitative estimate of drug-likeness (QED) is 0.862. The number of rotatable bonds is 3. The van der Waals surface area contributed by atoms with Crippen molar-refractivity contribution in [1.82, 2.24) is 4.90 Å². The van der Waals surface area contributed by atoms with E-state index in [0.717, 1.165) is 6.42 Å². The lowest BCUT2D eigenvalue weighted by Gasteiger charge is -2.30. The SMILES string of the molecule is CC(C)(C)OC(=O)N1CCC[C@H]1c1ccccc1NCC(F)(F)F. The van der Waals surface area contributed by atoms with E-state index in [1.165, 1.54) is 0 Å². The summed E-state index contributed by atoms with van der Waals surface area (Å²) in [6.45, 7) is 4.79. The van der Waals surface area contributed by atoms with Crippen molar-refractivity contribution < 1.29 is 22.7 Å². The van der Waals surface area contributed by atoms with Gasteiger partial charge in [-0.25, -0.2) is 4.79 Å². The smallest absolute Gasteiger partial charge is 0.410 e. The van der Waals surface area contributed by atoms with E-state index in [2.05, 4.69) is 5.32 Å². The van der Waals surface area contributed by atoms with E-state index in [1.807, 2.05) is 0 Å². The van der Waals surface area contributed by atoms with Crippen LogP contribution < -0.4 is 5.32 Å². The molecular weight excluding hydrogens is 321 g/mol. The van der Waals surface area contributed by atoms with Gasteiger partial charge in [0, 0.05) is 12.2 Å². The number of alkyl halides is 3. The largest absolute Gasteiger partial charge is 0.444 e. The first kappa shape index (κ1) is 18.4. The minimum absolute atomic E-state index is 0.281. The van der Waals surface area contributed by atoms with E-state index < -0.39 is 24.4 Å². The number of halogens is 3. The van der Waals surface area contributed by atoms with Crippen LogP contribution >= 0.6 is 0 Å². The van der Waals surface area contributed by atoms with E-state index in [1.54, 1.807) is 49.9 Å². The second kappa shape index (κ2) is 6.91. The van der Waals surface area contributed by atoms with Crippen molar-refractivity contribution in [2.24, 2.45) is 0 Å². The minimum Gasteiger partial charge on any atom is -0.444 e. The van der Waals surface area contributed by atoms with Crippen molar-refractivity contribution in [3.8, 4) is 0 Å². The number of anilines is 1. The molecule has 0 unspecified atom stereocenters. The first-order chi connectivity index (χ1) is 11.1. The Kier molecular flexibility index (Phi) is 5.30. The number of ether oxygens (including phenoxy) is 1. The fourth-order valence-corrected chi connectivity index (χ4v) is 2.77. The summed E-state index contributed by atoms with van der Waals surface area (Å²) in [6, 6.07) is 6.52. The summed E-state index contributed by atoms with van der Waals surface area (Å²) < 4.78 is 42.9. The van der Waals surface area contributed by atoms with Gasteiger partial charge in [0.2, 0.25) is 0 Å². The van der Waals surface area contributed by atoms with E-state index in [9.17, 15) is 18.0 Å². The molecule has 0 bridgehead atoms. The van der Waals surface area contributed by atoms with Crippen LogP contribution in [0.15, 0.2) is 24.3 Å².